The van der Waals surface area contributed by atoms with E-state index >= 15 is 0 Å². The summed E-state index contributed by atoms with van der Waals surface area (Å²) in [6, 6.07) is 5.21. The van der Waals surface area contributed by atoms with Crippen molar-refractivity contribution in [2.45, 2.75) is 44.7 Å². The summed E-state index contributed by atoms with van der Waals surface area (Å²) >= 11 is 0. The molecule has 1 fully saturated rings. The van der Waals surface area contributed by atoms with Gasteiger partial charge in [-0.25, -0.2) is 4.39 Å². The average molecular weight is 280 g/mol. The Morgan fingerprint density at radius 3 is 2.60 bits per heavy atom. The molecule has 1 saturated carbocycles. The maximum Gasteiger partial charge on any atom is 0.303 e. The number of benzene rings is 1. The van der Waals surface area contributed by atoms with Gasteiger partial charge in [-0.3, -0.25) is 4.79 Å². The SMILES string of the molecule is COc1ccc(C(C)(C)F)cc1C(CC(=O)O)C1CC1. The molecule has 0 radical (unpaired) electrons. The summed E-state index contributed by atoms with van der Waals surface area (Å²) in [5.74, 6) is 0.104. The van der Waals surface area contributed by atoms with Crippen LogP contribution in [0.2, 0.25) is 0 Å². The summed E-state index contributed by atoms with van der Waals surface area (Å²) in [6.07, 6.45) is 2.13. The zero-order chi connectivity index (χ0) is 14.9. The number of carboxylic acid groups (broad SMARTS) is 1. The molecule has 1 aromatic carbocycles. The molecule has 1 aromatic rings. The zero-order valence-electron chi connectivity index (χ0n) is 12.1. The summed E-state index contributed by atoms with van der Waals surface area (Å²) < 4.78 is 19.5. The number of halogens is 1. The Bertz CT molecular complexity index is 501. The van der Waals surface area contributed by atoms with Crippen LogP contribution in [0.1, 0.15) is 50.2 Å². The van der Waals surface area contributed by atoms with Crippen LogP contribution in [0.15, 0.2) is 18.2 Å². The van der Waals surface area contributed by atoms with E-state index in [4.69, 9.17) is 9.84 Å². The van der Waals surface area contributed by atoms with Crippen LogP contribution in [0.3, 0.4) is 0 Å². The molecule has 0 heterocycles. The molecule has 2 rings (SSSR count). The van der Waals surface area contributed by atoms with Crippen LogP contribution in [0.5, 0.6) is 5.75 Å². The molecule has 0 amide bonds. The van der Waals surface area contributed by atoms with Crippen LogP contribution in [0.4, 0.5) is 4.39 Å². The quantitative estimate of drug-likeness (QED) is 0.860. The molecule has 20 heavy (non-hydrogen) atoms. The van der Waals surface area contributed by atoms with Gasteiger partial charge < -0.3 is 9.84 Å². The van der Waals surface area contributed by atoms with E-state index in [0.717, 1.165) is 18.4 Å². The van der Waals surface area contributed by atoms with E-state index in [1.807, 2.05) is 0 Å². The van der Waals surface area contributed by atoms with Crippen molar-refractivity contribution in [3.63, 3.8) is 0 Å². The number of hydrogen-bond acceptors (Lipinski definition) is 2. The first-order valence-corrected chi connectivity index (χ1v) is 6.92. The lowest BCUT2D eigenvalue weighted by Crippen LogP contribution is -2.13. The molecule has 110 valence electrons. The number of alkyl halides is 1. The standard InChI is InChI=1S/C16H21FO3/c1-16(2,17)11-6-7-14(20-3)13(8-11)12(9-15(18)19)10-4-5-10/h6-8,10,12H,4-5,9H2,1-3H3,(H,18,19). The Kier molecular flexibility index (Phi) is 4.02. The number of carboxylic acids is 1. The van der Waals surface area contributed by atoms with Gasteiger partial charge in [0.15, 0.2) is 0 Å². The predicted molar refractivity (Wildman–Crippen MR) is 74.8 cm³/mol. The van der Waals surface area contributed by atoms with E-state index < -0.39 is 11.6 Å². The van der Waals surface area contributed by atoms with Gasteiger partial charge in [-0.05, 0) is 55.9 Å². The molecular formula is C16H21FO3. The molecule has 0 saturated heterocycles. The Labute approximate surface area is 118 Å². The van der Waals surface area contributed by atoms with Crippen LogP contribution in [0.25, 0.3) is 0 Å². The average Bonchev–Trinajstić information content (AvgIpc) is 3.18. The van der Waals surface area contributed by atoms with Crippen molar-refractivity contribution in [2.24, 2.45) is 5.92 Å². The van der Waals surface area contributed by atoms with Gasteiger partial charge in [0.25, 0.3) is 0 Å². The second-order valence-electron chi connectivity index (χ2n) is 5.97. The first kappa shape index (κ1) is 14.8. The minimum absolute atomic E-state index is 0.0667. The van der Waals surface area contributed by atoms with Crippen LogP contribution in [-0.2, 0) is 10.5 Å². The number of ether oxygens (including phenoxy) is 1. The van der Waals surface area contributed by atoms with Crippen LogP contribution in [0, 0.1) is 5.92 Å². The maximum absolute atomic E-state index is 14.1. The highest BCUT2D eigenvalue weighted by Gasteiger charge is 2.36. The van der Waals surface area contributed by atoms with Crippen molar-refractivity contribution < 1.29 is 19.0 Å². The second-order valence-corrected chi connectivity index (χ2v) is 5.97. The summed E-state index contributed by atoms with van der Waals surface area (Å²) in [4.78, 5) is 11.1. The van der Waals surface area contributed by atoms with E-state index in [1.54, 1.807) is 25.3 Å². The van der Waals surface area contributed by atoms with E-state index in [0.29, 0.717) is 17.2 Å². The van der Waals surface area contributed by atoms with E-state index in [-0.39, 0.29) is 12.3 Å². The molecule has 1 aliphatic rings. The highest BCUT2D eigenvalue weighted by atomic mass is 19.1. The summed E-state index contributed by atoms with van der Waals surface area (Å²) in [5.41, 5.74) is -0.0665. The largest absolute Gasteiger partial charge is 0.496 e. The van der Waals surface area contributed by atoms with Crippen molar-refractivity contribution in [3.8, 4) is 5.75 Å². The lowest BCUT2D eigenvalue weighted by Gasteiger charge is -2.22. The van der Waals surface area contributed by atoms with Gasteiger partial charge in [0.05, 0.1) is 13.5 Å². The monoisotopic (exact) mass is 280 g/mol. The Hall–Kier alpha value is -1.58. The van der Waals surface area contributed by atoms with E-state index in [1.165, 1.54) is 13.8 Å². The molecule has 1 atom stereocenters. The summed E-state index contributed by atoms with van der Waals surface area (Å²) in [7, 11) is 1.56. The molecular weight excluding hydrogens is 259 g/mol. The predicted octanol–water partition coefficient (Wildman–Crippen LogP) is 3.87. The van der Waals surface area contributed by atoms with Crippen LogP contribution >= 0.6 is 0 Å². The highest BCUT2D eigenvalue weighted by molar-refractivity contribution is 5.68. The Morgan fingerprint density at radius 1 is 1.50 bits per heavy atom. The van der Waals surface area contributed by atoms with Crippen molar-refractivity contribution in [3.05, 3.63) is 29.3 Å². The van der Waals surface area contributed by atoms with Gasteiger partial charge in [0.2, 0.25) is 0 Å². The van der Waals surface area contributed by atoms with Crippen molar-refractivity contribution in [1.82, 2.24) is 0 Å². The molecule has 1 unspecified atom stereocenters. The summed E-state index contributed by atoms with van der Waals surface area (Å²) in [5, 5.41) is 9.10. The third-order valence-corrected chi connectivity index (χ3v) is 3.90. The molecule has 0 aliphatic heterocycles. The fourth-order valence-corrected chi connectivity index (χ4v) is 2.61. The number of rotatable bonds is 6. The van der Waals surface area contributed by atoms with Crippen molar-refractivity contribution >= 4 is 5.97 Å². The minimum atomic E-state index is -1.45. The molecule has 0 spiro atoms. The fourth-order valence-electron chi connectivity index (χ4n) is 2.61. The highest BCUT2D eigenvalue weighted by Crippen LogP contribution is 2.47. The Morgan fingerprint density at radius 2 is 2.15 bits per heavy atom. The van der Waals surface area contributed by atoms with Gasteiger partial charge in [0, 0.05) is 5.92 Å². The van der Waals surface area contributed by atoms with Gasteiger partial charge in [-0.15, -0.1) is 0 Å². The number of carbonyl (C=O) groups is 1. The first-order chi connectivity index (χ1) is 9.32. The van der Waals surface area contributed by atoms with E-state index in [2.05, 4.69) is 0 Å². The first-order valence-electron chi connectivity index (χ1n) is 6.92. The zero-order valence-corrected chi connectivity index (χ0v) is 12.1. The maximum atomic E-state index is 14.1. The lowest BCUT2D eigenvalue weighted by molar-refractivity contribution is -0.137. The summed E-state index contributed by atoms with van der Waals surface area (Å²) in [6.45, 7) is 3.00. The molecule has 1 aliphatic carbocycles. The van der Waals surface area contributed by atoms with Gasteiger partial charge in [0.1, 0.15) is 11.4 Å². The molecule has 4 heteroatoms. The third kappa shape index (κ3) is 3.30. The smallest absolute Gasteiger partial charge is 0.303 e. The third-order valence-electron chi connectivity index (χ3n) is 3.90. The topological polar surface area (TPSA) is 46.5 Å². The minimum Gasteiger partial charge on any atom is -0.496 e. The van der Waals surface area contributed by atoms with Crippen molar-refractivity contribution in [2.75, 3.05) is 7.11 Å². The fraction of sp³-hybridized carbons (Fsp3) is 0.562. The second kappa shape index (κ2) is 5.43. The number of methoxy groups -OCH3 is 1. The van der Waals surface area contributed by atoms with E-state index in [9.17, 15) is 9.18 Å². The molecule has 1 N–H and O–H groups in total. The molecule has 0 bridgehead atoms. The van der Waals surface area contributed by atoms with Crippen LogP contribution in [-0.4, -0.2) is 18.2 Å². The number of aliphatic carboxylic acids is 1. The van der Waals surface area contributed by atoms with Crippen LogP contribution < -0.4 is 4.74 Å². The lowest BCUT2D eigenvalue weighted by atomic mass is 9.87. The van der Waals surface area contributed by atoms with Gasteiger partial charge in [-0.2, -0.15) is 0 Å². The van der Waals surface area contributed by atoms with Gasteiger partial charge >= 0.3 is 5.97 Å². The number of hydrogen-bond donors (Lipinski definition) is 1. The molecule has 0 aromatic heterocycles. The van der Waals surface area contributed by atoms with Crippen molar-refractivity contribution in [1.29, 1.82) is 0 Å². The molecule has 3 nitrogen and oxygen atoms in total. The van der Waals surface area contributed by atoms with Gasteiger partial charge in [-0.1, -0.05) is 6.07 Å². The normalized spacial score (nSPS) is 16.8. The Balaban J connectivity index is 2.42.